The van der Waals surface area contributed by atoms with E-state index < -0.39 is 4.92 Å². The van der Waals surface area contributed by atoms with Crippen molar-refractivity contribution < 1.29 is 9.66 Å². The fraction of sp³-hybridized carbons (Fsp3) is 0.524. The Balaban J connectivity index is 0.00000341. The Kier molecular flexibility index (Phi) is 10.2. The quantitative estimate of drug-likeness (QED) is 0.126. The van der Waals surface area contributed by atoms with E-state index in [9.17, 15) is 10.1 Å². The van der Waals surface area contributed by atoms with E-state index in [4.69, 9.17) is 4.74 Å². The summed E-state index contributed by atoms with van der Waals surface area (Å²) in [5.41, 5.74) is 3.21. The zero-order valence-electron chi connectivity index (χ0n) is 18.0. The molecule has 1 unspecified atom stereocenters. The van der Waals surface area contributed by atoms with Gasteiger partial charge in [0.25, 0.3) is 5.69 Å². The number of aliphatic imine (C=N–C) groups is 1. The van der Waals surface area contributed by atoms with Gasteiger partial charge < -0.3 is 15.4 Å². The third-order valence-corrected chi connectivity index (χ3v) is 5.09. The molecule has 1 aliphatic rings. The van der Waals surface area contributed by atoms with Gasteiger partial charge in [0, 0.05) is 50.0 Å². The minimum absolute atomic E-state index is 0. The van der Waals surface area contributed by atoms with Crippen molar-refractivity contribution in [2.24, 2.45) is 10.9 Å². The van der Waals surface area contributed by atoms with Crippen molar-refractivity contribution in [2.75, 3.05) is 26.3 Å². The lowest BCUT2D eigenvalue weighted by molar-refractivity contribution is -0.384. The first-order valence-electron chi connectivity index (χ1n) is 10.4. The van der Waals surface area contributed by atoms with Crippen molar-refractivity contribution in [3.63, 3.8) is 0 Å². The Labute approximate surface area is 199 Å². The molecule has 1 aromatic carbocycles. The van der Waals surface area contributed by atoms with Crippen LogP contribution in [0, 0.1) is 29.9 Å². The molecule has 2 aromatic rings. The van der Waals surface area contributed by atoms with Gasteiger partial charge in [-0.1, -0.05) is 12.1 Å². The maximum atomic E-state index is 10.8. The lowest BCUT2D eigenvalue weighted by Gasteiger charge is -2.15. The van der Waals surface area contributed by atoms with Gasteiger partial charge in [-0.25, -0.2) is 4.99 Å². The number of nitro benzene ring substituents is 1. The van der Waals surface area contributed by atoms with Crippen LogP contribution >= 0.6 is 24.0 Å². The SMILES string of the molecule is Cc1cc(C)n(CCCNC(=NCc2ccc([N+](=O)[O-])cc2)NCC2CCOC2)n1.I. The maximum Gasteiger partial charge on any atom is 0.269 e. The van der Waals surface area contributed by atoms with Crippen molar-refractivity contribution in [3.8, 4) is 0 Å². The minimum Gasteiger partial charge on any atom is -0.381 e. The van der Waals surface area contributed by atoms with Gasteiger partial charge >= 0.3 is 0 Å². The molecule has 2 N–H and O–H groups in total. The number of nitro groups is 1. The van der Waals surface area contributed by atoms with Crippen LogP contribution in [-0.4, -0.2) is 47.0 Å². The molecule has 1 saturated heterocycles. The Hall–Kier alpha value is -2.21. The molecular weight excluding hydrogens is 511 g/mol. The number of nitrogens with one attached hydrogen (secondary N) is 2. The smallest absolute Gasteiger partial charge is 0.269 e. The number of rotatable bonds is 9. The van der Waals surface area contributed by atoms with Crippen LogP contribution in [0.1, 0.15) is 29.8 Å². The molecule has 31 heavy (non-hydrogen) atoms. The number of hydrogen-bond donors (Lipinski definition) is 2. The average molecular weight is 542 g/mol. The van der Waals surface area contributed by atoms with Crippen LogP contribution in [0.5, 0.6) is 0 Å². The predicted octanol–water partition coefficient (Wildman–Crippen LogP) is 3.19. The van der Waals surface area contributed by atoms with Crippen LogP contribution in [0.15, 0.2) is 35.3 Å². The second-order valence-corrected chi connectivity index (χ2v) is 7.63. The minimum atomic E-state index is -0.395. The van der Waals surface area contributed by atoms with Gasteiger partial charge in [0.05, 0.1) is 23.8 Å². The third kappa shape index (κ3) is 8.09. The molecule has 10 heteroatoms. The summed E-state index contributed by atoms with van der Waals surface area (Å²) in [5.74, 6) is 1.24. The molecule has 170 valence electrons. The van der Waals surface area contributed by atoms with Crippen LogP contribution in [0.4, 0.5) is 5.69 Å². The van der Waals surface area contributed by atoms with Crippen molar-refractivity contribution in [1.82, 2.24) is 20.4 Å². The highest BCUT2D eigenvalue weighted by atomic mass is 127. The summed E-state index contributed by atoms with van der Waals surface area (Å²) >= 11 is 0. The fourth-order valence-corrected chi connectivity index (χ4v) is 3.39. The van der Waals surface area contributed by atoms with Gasteiger partial charge in [0.2, 0.25) is 0 Å². The second kappa shape index (κ2) is 12.6. The predicted molar refractivity (Wildman–Crippen MR) is 131 cm³/mol. The summed E-state index contributed by atoms with van der Waals surface area (Å²) in [7, 11) is 0. The number of aryl methyl sites for hydroxylation is 3. The van der Waals surface area contributed by atoms with Crippen molar-refractivity contribution >= 4 is 35.6 Å². The van der Waals surface area contributed by atoms with Gasteiger partial charge in [-0.2, -0.15) is 5.10 Å². The highest BCUT2D eigenvalue weighted by Crippen LogP contribution is 2.13. The molecule has 1 aromatic heterocycles. The van der Waals surface area contributed by atoms with Gasteiger partial charge in [0.15, 0.2) is 5.96 Å². The lowest BCUT2D eigenvalue weighted by atomic mass is 10.1. The molecule has 1 atom stereocenters. The molecule has 0 saturated carbocycles. The number of aromatic nitrogens is 2. The molecular formula is C21H31IN6O3. The van der Waals surface area contributed by atoms with E-state index in [1.807, 2.05) is 11.6 Å². The number of hydrogen-bond acceptors (Lipinski definition) is 5. The van der Waals surface area contributed by atoms with E-state index >= 15 is 0 Å². The largest absolute Gasteiger partial charge is 0.381 e. The molecule has 1 fully saturated rings. The van der Waals surface area contributed by atoms with Crippen molar-refractivity contribution in [1.29, 1.82) is 0 Å². The molecule has 9 nitrogen and oxygen atoms in total. The van der Waals surface area contributed by atoms with Gasteiger partial charge in [-0.15, -0.1) is 24.0 Å². The first-order chi connectivity index (χ1) is 14.5. The van der Waals surface area contributed by atoms with Crippen molar-refractivity contribution in [3.05, 3.63) is 57.4 Å². The summed E-state index contributed by atoms with van der Waals surface area (Å²) in [6.45, 7) is 8.54. The summed E-state index contributed by atoms with van der Waals surface area (Å²) in [5, 5.41) is 22.1. The summed E-state index contributed by atoms with van der Waals surface area (Å²) < 4.78 is 7.47. The molecule has 0 bridgehead atoms. The summed E-state index contributed by atoms with van der Waals surface area (Å²) in [6.07, 6.45) is 1.98. The normalized spacial score (nSPS) is 16.1. The molecule has 0 radical (unpaired) electrons. The summed E-state index contributed by atoms with van der Waals surface area (Å²) in [6, 6.07) is 8.58. The topological polar surface area (TPSA) is 107 Å². The zero-order chi connectivity index (χ0) is 21.3. The van der Waals surface area contributed by atoms with Crippen LogP contribution in [0.3, 0.4) is 0 Å². The average Bonchev–Trinajstić information content (AvgIpc) is 3.36. The third-order valence-electron chi connectivity index (χ3n) is 5.09. The van der Waals surface area contributed by atoms with Gasteiger partial charge in [0.1, 0.15) is 0 Å². The highest BCUT2D eigenvalue weighted by molar-refractivity contribution is 14.0. The molecule has 3 rings (SSSR count). The Morgan fingerprint density at radius 1 is 1.32 bits per heavy atom. The van der Waals surface area contributed by atoms with E-state index in [0.717, 1.165) is 62.9 Å². The first-order valence-corrected chi connectivity index (χ1v) is 10.4. The Morgan fingerprint density at radius 3 is 2.71 bits per heavy atom. The Bertz CT molecular complexity index is 863. The van der Waals surface area contributed by atoms with E-state index in [0.29, 0.717) is 12.5 Å². The number of halogens is 1. The van der Waals surface area contributed by atoms with E-state index in [2.05, 4.69) is 33.7 Å². The zero-order valence-corrected chi connectivity index (χ0v) is 20.4. The molecule has 0 aliphatic carbocycles. The number of nitrogens with zero attached hydrogens (tertiary/aromatic N) is 4. The van der Waals surface area contributed by atoms with Gasteiger partial charge in [-0.05, 0) is 38.3 Å². The number of ether oxygens (including phenoxy) is 1. The van der Waals surface area contributed by atoms with Crippen LogP contribution < -0.4 is 10.6 Å². The standard InChI is InChI=1S/C21H30N6O3.HI/c1-16-12-17(2)26(25-16)10-3-9-22-21(24-14-19-8-11-30-15-19)23-13-18-4-6-20(7-5-18)27(28)29;/h4-7,12,19H,3,8-11,13-15H2,1-2H3,(H2,22,23,24);1H. The number of benzene rings is 1. The number of guanidine groups is 1. The monoisotopic (exact) mass is 542 g/mol. The van der Waals surface area contributed by atoms with Crippen LogP contribution in [0.25, 0.3) is 0 Å². The van der Waals surface area contributed by atoms with E-state index in [1.165, 1.54) is 17.8 Å². The fourth-order valence-electron chi connectivity index (χ4n) is 3.39. The maximum absolute atomic E-state index is 10.8. The summed E-state index contributed by atoms with van der Waals surface area (Å²) in [4.78, 5) is 15.1. The molecule has 2 heterocycles. The molecule has 1 aliphatic heterocycles. The van der Waals surface area contributed by atoms with E-state index in [1.54, 1.807) is 12.1 Å². The molecule has 0 spiro atoms. The lowest BCUT2D eigenvalue weighted by Crippen LogP contribution is -2.40. The Morgan fingerprint density at radius 2 is 2.10 bits per heavy atom. The first kappa shape index (κ1) is 25.1. The van der Waals surface area contributed by atoms with E-state index in [-0.39, 0.29) is 29.7 Å². The number of non-ortho nitro benzene ring substituents is 1. The second-order valence-electron chi connectivity index (χ2n) is 7.63. The highest BCUT2D eigenvalue weighted by Gasteiger charge is 2.15. The van der Waals surface area contributed by atoms with Gasteiger partial charge in [-0.3, -0.25) is 14.8 Å². The van der Waals surface area contributed by atoms with Crippen molar-refractivity contribution in [2.45, 2.75) is 39.8 Å². The molecule has 0 amide bonds. The van der Waals surface area contributed by atoms with Crippen LogP contribution in [-0.2, 0) is 17.8 Å². The van der Waals surface area contributed by atoms with Crippen LogP contribution in [0.2, 0.25) is 0 Å².